The van der Waals surface area contributed by atoms with E-state index in [4.69, 9.17) is 16.3 Å². The maximum absolute atomic E-state index is 12.9. The van der Waals surface area contributed by atoms with Gasteiger partial charge in [0.05, 0.1) is 11.8 Å². The summed E-state index contributed by atoms with van der Waals surface area (Å²) in [5, 5.41) is 12.3. The highest BCUT2D eigenvalue weighted by Crippen LogP contribution is 2.28. The Morgan fingerprint density at radius 2 is 1.85 bits per heavy atom. The molecule has 1 N–H and O–H groups in total. The molecule has 6 heteroatoms. The van der Waals surface area contributed by atoms with E-state index in [1.807, 2.05) is 13.8 Å². The molecule has 0 aliphatic rings. The number of carboxylic acid groups (broad SMARTS) is 1. The van der Waals surface area contributed by atoms with Gasteiger partial charge in [0.2, 0.25) is 5.78 Å². The number of carboxylic acids is 1. The van der Waals surface area contributed by atoms with Crippen LogP contribution in [-0.2, 0) is 11.2 Å². The van der Waals surface area contributed by atoms with Crippen LogP contribution in [0.5, 0.6) is 5.75 Å². The molecular formula is C20H17ClNO4-. The number of H-pyrrole nitrogens is 1. The molecular weight excluding hydrogens is 354 g/mol. The number of hydrogen-bond acceptors (Lipinski definition) is 4. The summed E-state index contributed by atoms with van der Waals surface area (Å²) in [6.45, 7) is 3.84. The first-order valence-corrected chi connectivity index (χ1v) is 8.54. The highest BCUT2D eigenvalue weighted by atomic mass is 35.5. The minimum absolute atomic E-state index is 0.0321. The summed E-state index contributed by atoms with van der Waals surface area (Å²) < 4.78 is 5.57. The molecule has 0 radical (unpaired) electrons. The van der Waals surface area contributed by atoms with Crippen LogP contribution in [0.25, 0.3) is 10.9 Å². The normalized spacial score (nSPS) is 11.1. The van der Waals surface area contributed by atoms with Gasteiger partial charge in [-0.05, 0) is 55.8 Å². The molecule has 2 aromatic carbocycles. The van der Waals surface area contributed by atoms with Crippen molar-refractivity contribution >= 4 is 34.3 Å². The number of aromatic nitrogens is 1. The second kappa shape index (κ2) is 7.22. The van der Waals surface area contributed by atoms with E-state index in [0.717, 1.165) is 0 Å². The summed E-state index contributed by atoms with van der Waals surface area (Å²) >= 11 is 5.99. The lowest BCUT2D eigenvalue weighted by Gasteiger charge is -2.10. The maximum atomic E-state index is 12.9. The first-order valence-electron chi connectivity index (χ1n) is 8.16. The molecule has 5 nitrogen and oxygen atoms in total. The molecule has 0 bridgehead atoms. The number of halogens is 1. The van der Waals surface area contributed by atoms with Crippen LogP contribution < -0.4 is 9.84 Å². The molecule has 0 unspecified atom stereocenters. The van der Waals surface area contributed by atoms with E-state index >= 15 is 0 Å². The number of carbonyl (C=O) groups excluding carboxylic acids is 2. The number of nitrogens with one attached hydrogen (secondary N) is 1. The number of fused-ring (bicyclic) bond motifs is 1. The van der Waals surface area contributed by atoms with Gasteiger partial charge in [-0.15, -0.1) is 0 Å². The van der Waals surface area contributed by atoms with Crippen molar-refractivity contribution in [2.24, 2.45) is 0 Å². The predicted molar refractivity (Wildman–Crippen MR) is 97.7 cm³/mol. The molecule has 26 heavy (non-hydrogen) atoms. The Labute approximate surface area is 155 Å². The molecule has 1 aromatic heterocycles. The number of carbonyl (C=O) groups is 2. The molecule has 3 aromatic rings. The van der Waals surface area contributed by atoms with Gasteiger partial charge in [-0.3, -0.25) is 4.79 Å². The van der Waals surface area contributed by atoms with Gasteiger partial charge in [0.25, 0.3) is 0 Å². The van der Waals surface area contributed by atoms with Crippen LogP contribution in [0.4, 0.5) is 0 Å². The highest BCUT2D eigenvalue weighted by Gasteiger charge is 2.19. The fraction of sp³-hybridized carbons (Fsp3) is 0.200. The van der Waals surface area contributed by atoms with E-state index in [0.29, 0.717) is 32.8 Å². The predicted octanol–water partition coefficient (Wildman–Crippen LogP) is 3.13. The molecule has 0 atom stereocenters. The van der Waals surface area contributed by atoms with Crippen LogP contribution in [-0.4, -0.2) is 22.8 Å². The first-order chi connectivity index (χ1) is 12.3. The van der Waals surface area contributed by atoms with Gasteiger partial charge in [-0.25, -0.2) is 0 Å². The number of aromatic amines is 1. The van der Waals surface area contributed by atoms with Crippen LogP contribution in [0.15, 0.2) is 42.5 Å². The second-order valence-corrected chi connectivity index (χ2v) is 6.67. The van der Waals surface area contributed by atoms with Crippen molar-refractivity contribution in [1.29, 1.82) is 0 Å². The summed E-state index contributed by atoms with van der Waals surface area (Å²) in [6, 6.07) is 11.7. The van der Waals surface area contributed by atoms with Gasteiger partial charge in [0.15, 0.2) is 0 Å². The maximum Gasteiger partial charge on any atom is 0.209 e. The summed E-state index contributed by atoms with van der Waals surface area (Å²) in [4.78, 5) is 27.1. The summed E-state index contributed by atoms with van der Waals surface area (Å²) in [7, 11) is 0. The molecule has 1 heterocycles. The minimum atomic E-state index is -1.25. The third-order valence-corrected chi connectivity index (χ3v) is 4.14. The lowest BCUT2D eigenvalue weighted by Crippen LogP contribution is -2.25. The molecule has 0 saturated carbocycles. The van der Waals surface area contributed by atoms with E-state index in [9.17, 15) is 14.7 Å². The number of ketones is 1. The zero-order chi connectivity index (χ0) is 18.8. The average molecular weight is 371 g/mol. The van der Waals surface area contributed by atoms with Crippen LogP contribution in [0.1, 0.15) is 35.5 Å². The van der Waals surface area contributed by atoms with E-state index in [2.05, 4.69) is 4.98 Å². The van der Waals surface area contributed by atoms with Gasteiger partial charge in [0, 0.05) is 33.9 Å². The number of hydrogen-bond donors (Lipinski definition) is 1. The summed E-state index contributed by atoms with van der Waals surface area (Å²) in [6.07, 6.45) is -0.332. The van der Waals surface area contributed by atoms with Crippen molar-refractivity contribution < 1.29 is 19.4 Å². The van der Waals surface area contributed by atoms with Crippen LogP contribution >= 0.6 is 11.6 Å². The highest BCUT2D eigenvalue weighted by molar-refractivity contribution is 6.31. The SMILES string of the molecule is CC(C)Oc1ccc(C(=O)c2[nH]c3cc(Cl)ccc3c2CC(=O)[O-])cc1. The molecule has 0 aliphatic carbocycles. The van der Waals surface area contributed by atoms with Crippen LogP contribution in [0, 0.1) is 0 Å². The van der Waals surface area contributed by atoms with E-state index in [1.165, 1.54) is 0 Å². The monoisotopic (exact) mass is 370 g/mol. The van der Waals surface area contributed by atoms with Crippen molar-refractivity contribution in [2.45, 2.75) is 26.4 Å². The number of rotatable bonds is 6. The molecule has 134 valence electrons. The Kier molecular flexibility index (Phi) is 5.00. The summed E-state index contributed by atoms with van der Waals surface area (Å²) in [5.41, 5.74) is 1.66. The Morgan fingerprint density at radius 3 is 2.46 bits per heavy atom. The van der Waals surface area contributed by atoms with Crippen molar-refractivity contribution in [1.82, 2.24) is 4.98 Å². The van der Waals surface area contributed by atoms with Gasteiger partial charge in [0.1, 0.15) is 5.75 Å². The average Bonchev–Trinajstić information content (AvgIpc) is 2.91. The molecule has 0 amide bonds. The largest absolute Gasteiger partial charge is 0.550 e. The van der Waals surface area contributed by atoms with Crippen molar-refractivity contribution in [3.63, 3.8) is 0 Å². The van der Waals surface area contributed by atoms with Crippen molar-refractivity contribution in [3.05, 3.63) is 64.3 Å². The van der Waals surface area contributed by atoms with Gasteiger partial charge in [-0.1, -0.05) is 17.7 Å². The molecule has 0 spiro atoms. The third kappa shape index (κ3) is 3.73. The van der Waals surface area contributed by atoms with Gasteiger partial charge >= 0.3 is 0 Å². The molecule has 0 fully saturated rings. The Morgan fingerprint density at radius 1 is 1.15 bits per heavy atom. The lowest BCUT2D eigenvalue weighted by atomic mass is 10.0. The number of benzene rings is 2. The van der Waals surface area contributed by atoms with Crippen LogP contribution in [0.3, 0.4) is 0 Å². The Balaban J connectivity index is 2.03. The quantitative estimate of drug-likeness (QED) is 0.676. The third-order valence-electron chi connectivity index (χ3n) is 3.90. The number of aliphatic carboxylic acids is 1. The lowest BCUT2D eigenvalue weighted by molar-refractivity contribution is -0.304. The molecule has 0 saturated heterocycles. The zero-order valence-corrected chi connectivity index (χ0v) is 15.1. The zero-order valence-electron chi connectivity index (χ0n) is 14.3. The fourth-order valence-electron chi connectivity index (χ4n) is 2.85. The first kappa shape index (κ1) is 18.0. The van der Waals surface area contributed by atoms with Gasteiger partial charge < -0.3 is 19.6 Å². The fourth-order valence-corrected chi connectivity index (χ4v) is 3.02. The van der Waals surface area contributed by atoms with Crippen molar-refractivity contribution in [2.75, 3.05) is 0 Å². The van der Waals surface area contributed by atoms with Crippen LogP contribution in [0.2, 0.25) is 5.02 Å². The van der Waals surface area contributed by atoms with Gasteiger partial charge in [-0.2, -0.15) is 0 Å². The molecule has 3 rings (SSSR count). The summed E-state index contributed by atoms with van der Waals surface area (Å²) in [5.74, 6) is -0.893. The van der Waals surface area contributed by atoms with Crippen molar-refractivity contribution in [3.8, 4) is 5.75 Å². The Hall–Kier alpha value is -2.79. The van der Waals surface area contributed by atoms with E-state index in [-0.39, 0.29) is 24.0 Å². The second-order valence-electron chi connectivity index (χ2n) is 6.24. The topological polar surface area (TPSA) is 82.2 Å². The smallest absolute Gasteiger partial charge is 0.209 e. The molecule has 0 aliphatic heterocycles. The number of ether oxygens (including phenoxy) is 1. The van der Waals surface area contributed by atoms with E-state index < -0.39 is 5.97 Å². The van der Waals surface area contributed by atoms with E-state index in [1.54, 1.807) is 42.5 Å². The standard InChI is InChI=1S/C20H18ClNO4/c1-11(2)26-14-6-3-12(4-7-14)20(25)19-16(10-18(23)24)15-8-5-13(21)9-17(15)22-19/h3-9,11,22H,10H2,1-2H3,(H,23,24)/p-1. The minimum Gasteiger partial charge on any atom is -0.550 e. The Bertz CT molecular complexity index is 973.